The molecule has 0 radical (unpaired) electrons. The smallest absolute Gasteiger partial charge is 0.306 e. The van der Waals surface area contributed by atoms with E-state index in [9.17, 15) is 9.59 Å². The van der Waals surface area contributed by atoms with Crippen LogP contribution in [0.1, 0.15) is 37.7 Å². The van der Waals surface area contributed by atoms with Gasteiger partial charge in [-0.15, -0.1) is 0 Å². The summed E-state index contributed by atoms with van der Waals surface area (Å²) >= 11 is 0. The van der Waals surface area contributed by atoms with Crippen molar-refractivity contribution in [1.82, 2.24) is 0 Å². The number of methoxy groups -OCH3 is 1. The predicted octanol–water partition coefficient (Wildman–Crippen LogP) is 3.07. The summed E-state index contributed by atoms with van der Waals surface area (Å²) in [5.74, 6) is 0.352. The van der Waals surface area contributed by atoms with Gasteiger partial charge in [0.25, 0.3) is 5.91 Å². The van der Waals surface area contributed by atoms with Gasteiger partial charge in [-0.25, -0.2) is 0 Å². The number of anilines is 1. The molecule has 1 saturated carbocycles. The summed E-state index contributed by atoms with van der Waals surface area (Å²) in [6.07, 6.45) is 4.96. The maximum absolute atomic E-state index is 11.9. The number of carbonyl (C=O) groups is 2. The fraction of sp³-hybridized carbons (Fsp3) is 0.529. The Kier molecular flexibility index (Phi) is 5.81. The minimum Gasteiger partial charge on any atom is -0.495 e. The number of amides is 1. The van der Waals surface area contributed by atoms with E-state index in [1.807, 2.05) is 19.1 Å². The molecule has 1 aliphatic rings. The Morgan fingerprint density at radius 1 is 1.27 bits per heavy atom. The highest BCUT2D eigenvalue weighted by atomic mass is 16.5. The third-order valence-corrected chi connectivity index (χ3v) is 3.92. The van der Waals surface area contributed by atoms with E-state index in [-0.39, 0.29) is 18.5 Å². The molecule has 0 atom stereocenters. The second-order valence-electron chi connectivity index (χ2n) is 5.77. The van der Waals surface area contributed by atoms with Crippen LogP contribution < -0.4 is 10.1 Å². The number of carbonyl (C=O) groups excluding carboxylic acids is 2. The molecule has 0 saturated heterocycles. The lowest BCUT2D eigenvalue weighted by molar-refractivity contribution is -0.148. The molecular formula is C17H23NO4. The predicted molar refractivity (Wildman–Crippen MR) is 83.9 cm³/mol. The van der Waals surface area contributed by atoms with Gasteiger partial charge in [0.1, 0.15) is 5.75 Å². The Balaban J connectivity index is 1.80. The van der Waals surface area contributed by atoms with Gasteiger partial charge in [0.15, 0.2) is 6.61 Å². The molecule has 120 valence electrons. The highest BCUT2D eigenvalue weighted by Crippen LogP contribution is 2.28. The minimum absolute atomic E-state index is 0.261. The lowest BCUT2D eigenvalue weighted by Gasteiger charge is -2.12. The number of esters is 1. The van der Waals surface area contributed by atoms with Crippen molar-refractivity contribution in [2.24, 2.45) is 5.92 Å². The molecule has 5 nitrogen and oxygen atoms in total. The number of ether oxygens (including phenoxy) is 2. The van der Waals surface area contributed by atoms with Crippen LogP contribution in [0.3, 0.4) is 0 Å². The Bertz CT molecular complexity index is 535. The van der Waals surface area contributed by atoms with Crippen molar-refractivity contribution in [3.63, 3.8) is 0 Å². The van der Waals surface area contributed by atoms with Crippen LogP contribution in [0, 0.1) is 12.8 Å². The summed E-state index contributed by atoms with van der Waals surface area (Å²) < 4.78 is 10.2. The molecule has 1 fully saturated rings. The lowest BCUT2D eigenvalue weighted by atomic mass is 10.1. The first-order valence-corrected chi connectivity index (χ1v) is 7.68. The van der Waals surface area contributed by atoms with Crippen LogP contribution in [0.2, 0.25) is 0 Å². The molecule has 1 N–H and O–H groups in total. The number of rotatable bonds is 6. The molecule has 0 aliphatic heterocycles. The summed E-state index contributed by atoms with van der Waals surface area (Å²) in [5, 5.41) is 2.71. The van der Waals surface area contributed by atoms with Crippen molar-refractivity contribution < 1.29 is 19.1 Å². The third kappa shape index (κ3) is 4.76. The first kappa shape index (κ1) is 16.3. The first-order valence-electron chi connectivity index (χ1n) is 7.68. The third-order valence-electron chi connectivity index (χ3n) is 3.92. The van der Waals surface area contributed by atoms with Crippen LogP contribution in [-0.4, -0.2) is 25.6 Å². The van der Waals surface area contributed by atoms with Gasteiger partial charge in [-0.3, -0.25) is 9.59 Å². The minimum atomic E-state index is -0.358. The van der Waals surface area contributed by atoms with Crippen molar-refractivity contribution in [2.45, 2.75) is 39.0 Å². The first-order chi connectivity index (χ1) is 10.6. The molecule has 5 heteroatoms. The van der Waals surface area contributed by atoms with Crippen LogP contribution in [0.15, 0.2) is 18.2 Å². The zero-order chi connectivity index (χ0) is 15.9. The van der Waals surface area contributed by atoms with E-state index in [1.165, 1.54) is 12.8 Å². The number of benzene rings is 1. The van der Waals surface area contributed by atoms with E-state index < -0.39 is 0 Å². The molecule has 1 aromatic rings. The normalized spacial score (nSPS) is 14.6. The van der Waals surface area contributed by atoms with E-state index >= 15 is 0 Å². The quantitative estimate of drug-likeness (QED) is 0.820. The van der Waals surface area contributed by atoms with Crippen molar-refractivity contribution in [1.29, 1.82) is 0 Å². The van der Waals surface area contributed by atoms with Gasteiger partial charge in [-0.1, -0.05) is 18.9 Å². The van der Waals surface area contributed by atoms with Crippen LogP contribution in [0.25, 0.3) is 0 Å². The Morgan fingerprint density at radius 3 is 2.68 bits per heavy atom. The van der Waals surface area contributed by atoms with Gasteiger partial charge in [0, 0.05) is 6.42 Å². The zero-order valence-corrected chi connectivity index (χ0v) is 13.2. The molecule has 1 amide bonds. The molecule has 0 spiro atoms. The fourth-order valence-electron chi connectivity index (χ4n) is 2.76. The maximum atomic E-state index is 11.9. The average Bonchev–Trinajstić information content (AvgIpc) is 2.98. The van der Waals surface area contributed by atoms with Crippen molar-refractivity contribution >= 4 is 17.6 Å². The van der Waals surface area contributed by atoms with E-state index in [0.29, 0.717) is 23.8 Å². The Morgan fingerprint density at radius 2 is 2.00 bits per heavy atom. The molecule has 0 aromatic heterocycles. The van der Waals surface area contributed by atoms with Gasteiger partial charge in [0.2, 0.25) is 0 Å². The molecule has 0 unspecified atom stereocenters. The van der Waals surface area contributed by atoms with E-state index in [0.717, 1.165) is 18.4 Å². The summed E-state index contributed by atoms with van der Waals surface area (Å²) in [4.78, 5) is 23.6. The Hall–Kier alpha value is -2.04. The van der Waals surface area contributed by atoms with Gasteiger partial charge >= 0.3 is 5.97 Å². The molecule has 1 aliphatic carbocycles. The number of hydrogen-bond acceptors (Lipinski definition) is 4. The number of aryl methyl sites for hydroxylation is 1. The zero-order valence-electron chi connectivity index (χ0n) is 13.2. The average molecular weight is 305 g/mol. The van der Waals surface area contributed by atoms with Crippen LogP contribution in [0.5, 0.6) is 5.75 Å². The molecule has 2 rings (SSSR count). The SMILES string of the molecule is COc1ccc(C)cc1NC(=O)COC(=O)CC1CCCC1. The van der Waals surface area contributed by atoms with Crippen molar-refractivity contribution in [2.75, 3.05) is 19.0 Å². The molecule has 22 heavy (non-hydrogen) atoms. The standard InChI is InChI=1S/C17H23NO4/c1-12-7-8-15(21-2)14(9-12)18-16(19)11-22-17(20)10-13-5-3-4-6-13/h7-9,13H,3-6,10-11H2,1-2H3,(H,18,19). The van der Waals surface area contributed by atoms with Crippen molar-refractivity contribution in [3.05, 3.63) is 23.8 Å². The number of hydrogen-bond donors (Lipinski definition) is 1. The summed E-state index contributed by atoms with van der Waals surface area (Å²) in [6, 6.07) is 5.50. The second kappa shape index (κ2) is 7.82. The molecule has 1 aromatic carbocycles. The van der Waals surface area contributed by atoms with Gasteiger partial charge in [0.05, 0.1) is 12.8 Å². The summed E-state index contributed by atoms with van der Waals surface area (Å²) in [7, 11) is 1.54. The molecular weight excluding hydrogens is 282 g/mol. The van der Waals surface area contributed by atoms with Crippen LogP contribution in [0.4, 0.5) is 5.69 Å². The highest BCUT2D eigenvalue weighted by Gasteiger charge is 2.20. The Labute approximate surface area is 131 Å². The summed E-state index contributed by atoms with van der Waals surface area (Å²) in [5.41, 5.74) is 1.59. The second-order valence-corrected chi connectivity index (χ2v) is 5.77. The highest BCUT2D eigenvalue weighted by molar-refractivity contribution is 5.94. The van der Waals surface area contributed by atoms with E-state index in [2.05, 4.69) is 5.32 Å². The lowest BCUT2D eigenvalue weighted by Crippen LogP contribution is -2.22. The van der Waals surface area contributed by atoms with Crippen LogP contribution >= 0.6 is 0 Å². The van der Waals surface area contributed by atoms with Crippen LogP contribution in [-0.2, 0) is 14.3 Å². The monoisotopic (exact) mass is 305 g/mol. The van der Waals surface area contributed by atoms with E-state index in [1.54, 1.807) is 13.2 Å². The fourth-order valence-corrected chi connectivity index (χ4v) is 2.76. The largest absolute Gasteiger partial charge is 0.495 e. The topological polar surface area (TPSA) is 64.6 Å². The maximum Gasteiger partial charge on any atom is 0.306 e. The molecule has 0 bridgehead atoms. The van der Waals surface area contributed by atoms with Gasteiger partial charge in [-0.05, 0) is 43.4 Å². The summed E-state index contributed by atoms with van der Waals surface area (Å²) in [6.45, 7) is 1.67. The van der Waals surface area contributed by atoms with Gasteiger partial charge in [-0.2, -0.15) is 0 Å². The van der Waals surface area contributed by atoms with Gasteiger partial charge < -0.3 is 14.8 Å². The van der Waals surface area contributed by atoms with E-state index in [4.69, 9.17) is 9.47 Å². The number of nitrogens with one attached hydrogen (secondary N) is 1. The van der Waals surface area contributed by atoms with Crippen molar-refractivity contribution in [3.8, 4) is 5.75 Å². The molecule has 0 heterocycles.